The molecule has 1 atom stereocenters. The van der Waals surface area contributed by atoms with Crippen LogP contribution >= 0.6 is 15.9 Å². The Morgan fingerprint density at radius 3 is 2.29 bits per heavy atom. The minimum absolute atomic E-state index is 0.0242. The quantitative estimate of drug-likeness (QED) is 0.463. The van der Waals surface area contributed by atoms with Crippen LogP contribution in [0.5, 0.6) is 0 Å². The van der Waals surface area contributed by atoms with Crippen LogP contribution < -0.4 is 0 Å². The highest BCUT2D eigenvalue weighted by molar-refractivity contribution is 9.10. The number of carbonyl (C=O) groups is 2. The van der Waals surface area contributed by atoms with Gasteiger partial charge in [-0.3, -0.25) is 4.79 Å². The fraction of sp³-hybridized carbons (Fsp3) is 0.467. The van der Waals surface area contributed by atoms with Crippen molar-refractivity contribution in [3.63, 3.8) is 0 Å². The van der Waals surface area contributed by atoms with Gasteiger partial charge in [0.2, 0.25) is 0 Å². The van der Waals surface area contributed by atoms with Crippen molar-refractivity contribution in [1.82, 2.24) is 0 Å². The normalized spacial score (nSPS) is 14.4. The molecule has 0 N–H and O–H groups in total. The van der Waals surface area contributed by atoms with Crippen molar-refractivity contribution in [3.05, 3.63) is 33.8 Å². The molecular formula is C15H17BrF2O3. The molecule has 0 saturated carbocycles. The molecule has 21 heavy (non-hydrogen) atoms. The highest BCUT2D eigenvalue weighted by atomic mass is 79.9. The first-order chi connectivity index (χ1) is 9.48. The van der Waals surface area contributed by atoms with Crippen LogP contribution in [0.1, 0.15) is 39.7 Å². The highest BCUT2D eigenvalue weighted by Crippen LogP contribution is 2.32. The van der Waals surface area contributed by atoms with Crippen LogP contribution in [0, 0.1) is 11.6 Å². The number of hydrogen-bond acceptors (Lipinski definition) is 3. The molecule has 0 aromatic heterocycles. The van der Waals surface area contributed by atoms with E-state index in [9.17, 15) is 18.4 Å². The summed E-state index contributed by atoms with van der Waals surface area (Å²) in [7, 11) is 0. The molecule has 6 heteroatoms. The van der Waals surface area contributed by atoms with Gasteiger partial charge in [-0.15, -0.1) is 0 Å². The lowest BCUT2D eigenvalue weighted by Crippen LogP contribution is -2.33. The third-order valence-corrected chi connectivity index (χ3v) is 3.42. The summed E-state index contributed by atoms with van der Waals surface area (Å²) in [5.74, 6) is -2.28. The summed E-state index contributed by atoms with van der Waals surface area (Å²) in [6, 6.07) is 1.85. The summed E-state index contributed by atoms with van der Waals surface area (Å²) in [6.45, 7) is 6.49. The summed E-state index contributed by atoms with van der Waals surface area (Å²) >= 11 is 2.94. The van der Waals surface area contributed by atoms with Crippen molar-refractivity contribution in [2.75, 3.05) is 0 Å². The fourth-order valence-corrected chi connectivity index (χ4v) is 2.18. The molecule has 0 spiro atoms. The van der Waals surface area contributed by atoms with E-state index in [0.717, 1.165) is 0 Å². The minimum Gasteiger partial charge on any atom is -0.460 e. The maximum absolute atomic E-state index is 13.9. The van der Waals surface area contributed by atoms with E-state index >= 15 is 0 Å². The summed E-state index contributed by atoms with van der Waals surface area (Å²) in [6.07, 6.45) is 0.141. The number of benzene rings is 1. The van der Waals surface area contributed by atoms with Gasteiger partial charge in [-0.2, -0.15) is 0 Å². The number of hydrogen-bond donors (Lipinski definition) is 0. The van der Waals surface area contributed by atoms with Gasteiger partial charge in [0.15, 0.2) is 0 Å². The van der Waals surface area contributed by atoms with Crippen molar-refractivity contribution in [2.45, 2.75) is 45.1 Å². The Labute approximate surface area is 130 Å². The molecule has 0 amide bonds. The zero-order valence-electron chi connectivity index (χ0n) is 12.3. The number of ether oxygens (including phenoxy) is 1. The molecule has 1 unspecified atom stereocenters. The zero-order valence-corrected chi connectivity index (χ0v) is 13.9. The van der Waals surface area contributed by atoms with Gasteiger partial charge >= 0.3 is 5.97 Å². The molecule has 0 aliphatic heterocycles. The van der Waals surface area contributed by atoms with Gasteiger partial charge in [0.05, 0.1) is 16.3 Å². The topological polar surface area (TPSA) is 43.4 Å². The van der Waals surface area contributed by atoms with E-state index in [4.69, 9.17) is 4.74 Å². The molecule has 0 aliphatic rings. The van der Waals surface area contributed by atoms with Gasteiger partial charge in [-0.1, -0.05) is 0 Å². The first-order valence-electron chi connectivity index (χ1n) is 6.32. The first-order valence-corrected chi connectivity index (χ1v) is 7.11. The molecular weight excluding hydrogens is 346 g/mol. The van der Waals surface area contributed by atoms with Crippen molar-refractivity contribution < 1.29 is 23.1 Å². The monoisotopic (exact) mass is 362 g/mol. The maximum Gasteiger partial charge on any atom is 0.307 e. The second kappa shape index (κ2) is 6.22. The number of halogens is 3. The predicted octanol–water partition coefficient (Wildman–Crippen LogP) is 3.92. The molecule has 0 bridgehead atoms. The summed E-state index contributed by atoms with van der Waals surface area (Å²) in [5, 5.41) is 0. The third kappa shape index (κ3) is 4.59. The van der Waals surface area contributed by atoms with Crippen molar-refractivity contribution in [1.29, 1.82) is 0 Å². The SMILES string of the molecule is CC(C)(C)OC(=O)CC(C)(C=O)c1cc(Br)c(F)cc1F. The van der Waals surface area contributed by atoms with E-state index in [1.165, 1.54) is 13.0 Å². The van der Waals surface area contributed by atoms with Gasteiger partial charge in [0.25, 0.3) is 0 Å². The Bertz CT molecular complexity index is 567. The van der Waals surface area contributed by atoms with Crippen LogP contribution in [-0.4, -0.2) is 17.9 Å². The molecule has 1 rings (SSSR count). The van der Waals surface area contributed by atoms with Crippen LogP contribution in [0.2, 0.25) is 0 Å². The Morgan fingerprint density at radius 2 is 1.81 bits per heavy atom. The Hall–Kier alpha value is -1.30. The average molecular weight is 363 g/mol. The van der Waals surface area contributed by atoms with E-state index in [1.54, 1.807) is 20.8 Å². The Balaban J connectivity index is 3.13. The van der Waals surface area contributed by atoms with Crippen molar-refractivity contribution in [2.24, 2.45) is 0 Å². The van der Waals surface area contributed by atoms with Crippen molar-refractivity contribution >= 4 is 28.2 Å². The number of rotatable bonds is 4. The Kier molecular flexibility index (Phi) is 5.25. The summed E-state index contributed by atoms with van der Waals surface area (Å²) in [4.78, 5) is 23.3. The molecule has 1 aromatic rings. The molecule has 0 radical (unpaired) electrons. The van der Waals surface area contributed by atoms with E-state index in [1.807, 2.05) is 0 Å². The number of carbonyl (C=O) groups excluding carboxylic acids is 2. The fourth-order valence-electron chi connectivity index (χ4n) is 1.84. The molecule has 0 aliphatic carbocycles. The van der Waals surface area contributed by atoms with Crippen LogP contribution in [0.3, 0.4) is 0 Å². The van der Waals surface area contributed by atoms with Gasteiger partial charge in [0, 0.05) is 11.6 Å². The predicted molar refractivity (Wildman–Crippen MR) is 77.9 cm³/mol. The number of aldehydes is 1. The minimum atomic E-state index is -1.43. The van der Waals surface area contributed by atoms with Crippen LogP contribution in [0.4, 0.5) is 8.78 Å². The molecule has 3 nitrogen and oxygen atoms in total. The third-order valence-electron chi connectivity index (χ3n) is 2.82. The van der Waals surface area contributed by atoms with E-state index in [0.29, 0.717) is 12.4 Å². The van der Waals surface area contributed by atoms with Crippen LogP contribution in [-0.2, 0) is 19.7 Å². The van der Waals surface area contributed by atoms with Crippen LogP contribution in [0.25, 0.3) is 0 Å². The average Bonchev–Trinajstić information content (AvgIpc) is 2.31. The lowest BCUT2D eigenvalue weighted by molar-refractivity contribution is -0.156. The second-order valence-corrected chi connectivity index (χ2v) is 6.90. The van der Waals surface area contributed by atoms with Crippen molar-refractivity contribution in [3.8, 4) is 0 Å². The van der Waals surface area contributed by atoms with E-state index in [-0.39, 0.29) is 16.5 Å². The largest absolute Gasteiger partial charge is 0.460 e. The number of esters is 1. The highest BCUT2D eigenvalue weighted by Gasteiger charge is 2.34. The Morgan fingerprint density at radius 1 is 1.24 bits per heavy atom. The summed E-state index contributed by atoms with van der Waals surface area (Å²) in [5.41, 5.74) is -2.19. The van der Waals surface area contributed by atoms with Gasteiger partial charge in [-0.05, 0) is 49.7 Å². The lowest BCUT2D eigenvalue weighted by Gasteiger charge is -2.26. The van der Waals surface area contributed by atoms with E-state index in [2.05, 4.69) is 15.9 Å². The van der Waals surface area contributed by atoms with Gasteiger partial charge in [-0.25, -0.2) is 8.78 Å². The lowest BCUT2D eigenvalue weighted by atomic mass is 9.80. The molecule has 0 fully saturated rings. The molecule has 0 saturated heterocycles. The second-order valence-electron chi connectivity index (χ2n) is 6.04. The maximum atomic E-state index is 13.9. The molecule has 1 aromatic carbocycles. The first kappa shape index (κ1) is 17.8. The smallest absolute Gasteiger partial charge is 0.307 e. The zero-order chi connectivity index (χ0) is 16.4. The van der Waals surface area contributed by atoms with E-state index < -0.39 is 28.6 Å². The van der Waals surface area contributed by atoms with Crippen LogP contribution in [0.15, 0.2) is 16.6 Å². The standard InChI is InChI=1S/C15H17BrF2O3/c1-14(2,3)21-13(20)7-15(4,8-19)9-5-10(16)12(18)6-11(9)17/h5-6,8H,7H2,1-4H3. The van der Waals surface area contributed by atoms with Gasteiger partial charge < -0.3 is 9.53 Å². The van der Waals surface area contributed by atoms with Gasteiger partial charge in [0.1, 0.15) is 23.5 Å². The summed E-state index contributed by atoms with van der Waals surface area (Å²) < 4.78 is 32.4. The molecule has 116 valence electrons. The molecule has 0 heterocycles.